The van der Waals surface area contributed by atoms with E-state index in [1.807, 2.05) is 54.8 Å². The molecule has 0 radical (unpaired) electrons. The molecule has 0 aliphatic carbocycles. The van der Waals surface area contributed by atoms with Gasteiger partial charge in [-0.25, -0.2) is 9.79 Å². The number of benzene rings is 2. The van der Waals surface area contributed by atoms with Crippen molar-refractivity contribution in [3.05, 3.63) is 90.6 Å². The van der Waals surface area contributed by atoms with Gasteiger partial charge in [-0.05, 0) is 49.9 Å². The molecule has 2 heterocycles. The number of ether oxygens (including phenoxy) is 2. The summed E-state index contributed by atoms with van der Waals surface area (Å²) < 4.78 is 12.9. The Kier molecular flexibility index (Phi) is 6.85. The van der Waals surface area contributed by atoms with E-state index in [0.717, 1.165) is 16.0 Å². The second-order valence-electron chi connectivity index (χ2n) is 7.32. The second-order valence-corrected chi connectivity index (χ2v) is 9.21. The lowest BCUT2D eigenvalue weighted by molar-refractivity contribution is -0.139. The molecule has 1 aliphatic rings. The van der Waals surface area contributed by atoms with Crippen LogP contribution in [-0.4, -0.2) is 30.5 Å². The summed E-state index contributed by atoms with van der Waals surface area (Å²) in [6.07, 6.45) is 3.81. The Morgan fingerprint density at radius 1 is 1.21 bits per heavy atom. The van der Waals surface area contributed by atoms with E-state index in [1.165, 1.54) is 11.3 Å². The zero-order valence-corrected chi connectivity index (χ0v) is 20.5. The summed E-state index contributed by atoms with van der Waals surface area (Å²) in [6.45, 7) is 3.79. The number of rotatable bonds is 6. The van der Waals surface area contributed by atoms with Crippen molar-refractivity contribution in [3.8, 4) is 5.75 Å². The third-order valence-corrected chi connectivity index (χ3v) is 7.10. The van der Waals surface area contributed by atoms with E-state index in [1.54, 1.807) is 43.4 Å². The van der Waals surface area contributed by atoms with E-state index in [2.05, 4.69) is 4.99 Å². The number of fused-ring (bicyclic) bond motifs is 1. The highest BCUT2D eigenvalue weighted by Crippen LogP contribution is 2.31. The molecular formula is C25H24N2O4S2. The highest BCUT2D eigenvalue weighted by Gasteiger charge is 2.33. The number of carbonyl (C=O) groups excluding carboxylic acids is 1. The summed E-state index contributed by atoms with van der Waals surface area (Å²) in [6, 6.07) is 14.8. The fraction of sp³-hybridized carbons (Fsp3) is 0.240. The Balaban J connectivity index is 1.95. The van der Waals surface area contributed by atoms with Crippen molar-refractivity contribution in [1.29, 1.82) is 0 Å². The minimum atomic E-state index is -0.615. The molecule has 0 spiro atoms. The maximum Gasteiger partial charge on any atom is 0.338 e. The average Bonchev–Trinajstić information content (AvgIpc) is 3.13. The molecule has 1 aromatic heterocycles. The van der Waals surface area contributed by atoms with Gasteiger partial charge in [-0.2, -0.15) is 0 Å². The zero-order chi connectivity index (χ0) is 23.5. The maximum atomic E-state index is 13.6. The van der Waals surface area contributed by atoms with Gasteiger partial charge in [0.15, 0.2) is 4.80 Å². The number of allylic oxidation sites excluding steroid dienone is 1. The molecule has 6 nitrogen and oxygen atoms in total. The zero-order valence-electron chi connectivity index (χ0n) is 18.8. The number of para-hydroxylation sites is 1. The van der Waals surface area contributed by atoms with E-state index in [9.17, 15) is 9.59 Å². The third-order valence-electron chi connectivity index (χ3n) is 5.37. The van der Waals surface area contributed by atoms with Crippen LogP contribution in [-0.2, 0) is 9.53 Å². The molecular weight excluding hydrogens is 456 g/mol. The van der Waals surface area contributed by atoms with Crippen LogP contribution in [0.15, 0.2) is 74.5 Å². The van der Waals surface area contributed by atoms with Crippen molar-refractivity contribution < 1.29 is 14.3 Å². The topological polar surface area (TPSA) is 69.9 Å². The molecule has 0 fully saturated rings. The predicted octanol–water partition coefficient (Wildman–Crippen LogP) is 3.53. The van der Waals surface area contributed by atoms with Crippen LogP contribution >= 0.6 is 23.1 Å². The lowest BCUT2D eigenvalue weighted by Crippen LogP contribution is -2.39. The van der Waals surface area contributed by atoms with Crippen molar-refractivity contribution in [2.45, 2.75) is 24.8 Å². The number of thiazole rings is 1. The van der Waals surface area contributed by atoms with Gasteiger partial charge in [0.25, 0.3) is 5.56 Å². The summed E-state index contributed by atoms with van der Waals surface area (Å²) in [4.78, 5) is 32.8. The fourth-order valence-corrected chi connectivity index (χ4v) is 5.27. The molecule has 170 valence electrons. The van der Waals surface area contributed by atoms with Crippen molar-refractivity contribution in [3.63, 3.8) is 0 Å². The van der Waals surface area contributed by atoms with E-state index in [-0.39, 0.29) is 12.2 Å². The standard InChI is InChI=1S/C25H24N2O4S2/c1-5-31-24(29)21-15(2)26-25-27(22(21)16-10-12-18(32-4)13-11-16)23(28)20(33-25)14-17-8-6-7-9-19(17)30-3/h6-14,22H,5H2,1-4H3. The first-order valence-corrected chi connectivity index (χ1v) is 12.5. The summed E-state index contributed by atoms with van der Waals surface area (Å²) in [5.74, 6) is 0.215. The maximum absolute atomic E-state index is 13.6. The molecule has 0 N–H and O–H groups in total. The molecule has 1 aliphatic heterocycles. The van der Waals surface area contributed by atoms with Crippen LogP contribution < -0.4 is 19.6 Å². The van der Waals surface area contributed by atoms with Crippen LogP contribution in [0.2, 0.25) is 0 Å². The van der Waals surface area contributed by atoms with Gasteiger partial charge >= 0.3 is 5.97 Å². The first-order chi connectivity index (χ1) is 16.0. The van der Waals surface area contributed by atoms with Crippen LogP contribution in [0.4, 0.5) is 0 Å². The lowest BCUT2D eigenvalue weighted by Gasteiger charge is -2.24. The molecule has 0 amide bonds. The number of esters is 1. The third kappa shape index (κ3) is 4.41. The van der Waals surface area contributed by atoms with Gasteiger partial charge in [-0.3, -0.25) is 9.36 Å². The van der Waals surface area contributed by atoms with Crippen LogP contribution in [0.3, 0.4) is 0 Å². The summed E-state index contributed by atoms with van der Waals surface area (Å²) in [5.41, 5.74) is 2.35. The van der Waals surface area contributed by atoms with Gasteiger partial charge in [0.05, 0.1) is 35.6 Å². The molecule has 1 atom stereocenters. The first kappa shape index (κ1) is 23.1. The van der Waals surface area contributed by atoms with Crippen LogP contribution in [0, 0.1) is 0 Å². The molecule has 1 unspecified atom stereocenters. The number of hydrogen-bond donors (Lipinski definition) is 0. The van der Waals surface area contributed by atoms with Gasteiger partial charge in [-0.15, -0.1) is 11.8 Å². The van der Waals surface area contributed by atoms with Crippen molar-refractivity contribution >= 4 is 35.1 Å². The normalized spacial score (nSPS) is 15.8. The first-order valence-electron chi connectivity index (χ1n) is 10.4. The molecule has 3 aromatic rings. The number of nitrogens with zero attached hydrogens (tertiary/aromatic N) is 2. The van der Waals surface area contributed by atoms with Crippen molar-refractivity contribution in [1.82, 2.24) is 4.57 Å². The minimum absolute atomic E-state index is 0.210. The second kappa shape index (κ2) is 9.80. The van der Waals surface area contributed by atoms with E-state index < -0.39 is 12.0 Å². The summed E-state index contributed by atoms with van der Waals surface area (Å²) in [7, 11) is 1.60. The molecule has 4 rings (SSSR count). The molecule has 0 saturated carbocycles. The highest BCUT2D eigenvalue weighted by atomic mass is 32.2. The van der Waals surface area contributed by atoms with E-state index in [4.69, 9.17) is 9.47 Å². The van der Waals surface area contributed by atoms with E-state index >= 15 is 0 Å². The summed E-state index contributed by atoms with van der Waals surface area (Å²) >= 11 is 2.93. The Hall–Kier alpha value is -3.10. The monoisotopic (exact) mass is 480 g/mol. The quantitative estimate of drug-likeness (QED) is 0.399. The molecule has 0 saturated heterocycles. The van der Waals surface area contributed by atoms with Crippen LogP contribution in [0.5, 0.6) is 5.75 Å². The van der Waals surface area contributed by atoms with Gasteiger partial charge in [0, 0.05) is 10.5 Å². The van der Waals surface area contributed by atoms with E-state index in [0.29, 0.717) is 26.4 Å². The van der Waals surface area contributed by atoms with Gasteiger partial charge in [0.1, 0.15) is 5.75 Å². The number of carbonyl (C=O) groups is 1. The summed E-state index contributed by atoms with van der Waals surface area (Å²) in [5, 5.41) is 0. The Morgan fingerprint density at radius 3 is 2.61 bits per heavy atom. The highest BCUT2D eigenvalue weighted by molar-refractivity contribution is 7.98. The predicted molar refractivity (Wildman–Crippen MR) is 132 cm³/mol. The van der Waals surface area contributed by atoms with Crippen molar-refractivity contribution in [2.75, 3.05) is 20.0 Å². The Labute approximate surface area is 199 Å². The lowest BCUT2D eigenvalue weighted by atomic mass is 9.96. The van der Waals surface area contributed by atoms with Gasteiger partial charge < -0.3 is 9.47 Å². The number of aromatic nitrogens is 1. The fourth-order valence-electron chi connectivity index (χ4n) is 3.82. The number of hydrogen-bond acceptors (Lipinski definition) is 7. The van der Waals surface area contributed by atoms with Gasteiger partial charge in [0.2, 0.25) is 0 Å². The van der Waals surface area contributed by atoms with Crippen LogP contribution in [0.25, 0.3) is 6.08 Å². The Morgan fingerprint density at radius 2 is 1.94 bits per heavy atom. The Bertz CT molecular complexity index is 1400. The van der Waals surface area contributed by atoms with Crippen LogP contribution in [0.1, 0.15) is 31.0 Å². The average molecular weight is 481 g/mol. The van der Waals surface area contributed by atoms with Crippen molar-refractivity contribution in [2.24, 2.45) is 4.99 Å². The largest absolute Gasteiger partial charge is 0.496 e. The minimum Gasteiger partial charge on any atom is -0.496 e. The molecule has 8 heteroatoms. The molecule has 2 aromatic carbocycles. The van der Waals surface area contributed by atoms with Gasteiger partial charge in [-0.1, -0.05) is 41.7 Å². The SMILES string of the molecule is CCOC(=O)C1=C(C)N=c2sc(=Cc3ccccc3OC)c(=O)n2C1c1ccc(SC)cc1. The molecule has 33 heavy (non-hydrogen) atoms. The molecule has 0 bridgehead atoms. The number of thioether (sulfide) groups is 1. The smallest absolute Gasteiger partial charge is 0.338 e. The number of methoxy groups -OCH3 is 1.